The van der Waals surface area contributed by atoms with Crippen molar-refractivity contribution in [3.63, 3.8) is 0 Å². The molecule has 0 amide bonds. The number of hydrogen-bond donors (Lipinski definition) is 0. The van der Waals surface area contributed by atoms with E-state index in [-0.39, 0.29) is 0 Å². The van der Waals surface area contributed by atoms with Crippen LogP contribution < -0.4 is 9.47 Å². The van der Waals surface area contributed by atoms with Crippen molar-refractivity contribution in [1.29, 1.82) is 0 Å². The van der Waals surface area contributed by atoms with Gasteiger partial charge in [-0.2, -0.15) is 0 Å². The lowest BCUT2D eigenvalue weighted by atomic mass is 10.1. The third-order valence-corrected chi connectivity index (χ3v) is 5.52. The second kappa shape index (κ2) is 9.40. The lowest BCUT2D eigenvalue weighted by Crippen LogP contribution is -2.09. The highest BCUT2D eigenvalue weighted by Gasteiger charge is 2.17. The highest BCUT2D eigenvalue weighted by Crippen LogP contribution is 2.31. The van der Waals surface area contributed by atoms with Crippen LogP contribution in [0.15, 0.2) is 57.8 Å². The third kappa shape index (κ3) is 4.45. The van der Waals surface area contributed by atoms with Crippen molar-refractivity contribution >= 4 is 41.8 Å². The van der Waals surface area contributed by atoms with E-state index in [0.29, 0.717) is 44.6 Å². The van der Waals surface area contributed by atoms with Gasteiger partial charge in [0.05, 0.1) is 26.7 Å². The summed E-state index contributed by atoms with van der Waals surface area (Å²) in [6, 6.07) is 9.66. The number of carbonyl (C=O) groups excluding carboxylic acids is 2. The molecule has 0 N–H and O–H groups in total. The zero-order valence-corrected chi connectivity index (χ0v) is 18.2. The minimum Gasteiger partial charge on any atom is -0.493 e. The van der Waals surface area contributed by atoms with Crippen molar-refractivity contribution in [2.24, 2.45) is 0 Å². The summed E-state index contributed by atoms with van der Waals surface area (Å²) in [5.41, 5.74) is 1.65. The monoisotopic (exact) mass is 458 g/mol. The Labute approximate surface area is 182 Å². The fourth-order valence-electron chi connectivity index (χ4n) is 3.18. The van der Waals surface area contributed by atoms with E-state index in [0.717, 1.165) is 0 Å². The summed E-state index contributed by atoms with van der Waals surface area (Å²) in [4.78, 5) is 24.9. The number of furan rings is 2. The number of carbonyl (C=O) groups is 2. The van der Waals surface area contributed by atoms with Crippen LogP contribution in [0, 0.1) is 0 Å². The van der Waals surface area contributed by atoms with E-state index >= 15 is 0 Å². The van der Waals surface area contributed by atoms with Crippen molar-refractivity contribution in [2.75, 3.05) is 27.4 Å². The molecule has 0 fully saturated rings. The van der Waals surface area contributed by atoms with Gasteiger partial charge in [-0.3, -0.25) is 14.2 Å². The van der Waals surface area contributed by atoms with Crippen molar-refractivity contribution in [2.45, 2.75) is 0 Å². The van der Waals surface area contributed by atoms with Crippen LogP contribution in [0.3, 0.4) is 0 Å². The fraction of sp³-hybridized carbons (Fsp3) is 0.182. The molecule has 2 aromatic heterocycles. The maximum absolute atomic E-state index is 12.4. The highest BCUT2D eigenvalue weighted by atomic mass is 31.1. The van der Waals surface area contributed by atoms with Crippen LogP contribution in [0.2, 0.25) is 0 Å². The van der Waals surface area contributed by atoms with Crippen LogP contribution in [-0.2, 0) is 13.6 Å². The van der Waals surface area contributed by atoms with Gasteiger partial charge in [-0.05, 0) is 36.4 Å². The molecule has 2 aromatic carbocycles. The summed E-state index contributed by atoms with van der Waals surface area (Å²) in [5.74, 6) is -0.0459. The molecular formula is C22H19O9P. The Bertz CT molecular complexity index is 1220. The molecule has 0 aliphatic rings. The molecule has 10 heteroatoms. The first kappa shape index (κ1) is 21.8. The molecule has 0 spiro atoms. The predicted octanol–water partition coefficient (Wildman–Crippen LogP) is 4.68. The Morgan fingerprint density at radius 2 is 1.22 bits per heavy atom. The summed E-state index contributed by atoms with van der Waals surface area (Å²) < 4.78 is 43.2. The molecule has 0 radical (unpaired) electrons. The molecule has 0 aliphatic carbocycles. The maximum atomic E-state index is 12.4. The van der Waals surface area contributed by atoms with Crippen molar-refractivity contribution in [3.05, 3.63) is 60.1 Å². The number of Topliss-reactive ketones (excluding diaryl/α,β-unsaturated/α-hetero) is 2. The van der Waals surface area contributed by atoms with Gasteiger partial charge in [-0.25, -0.2) is 0 Å². The van der Waals surface area contributed by atoms with Crippen LogP contribution in [0.25, 0.3) is 21.9 Å². The summed E-state index contributed by atoms with van der Waals surface area (Å²) in [7, 11) is -0.151. The average molecular weight is 458 g/mol. The Kier molecular flexibility index (Phi) is 6.41. The molecule has 0 atom stereocenters. The lowest BCUT2D eigenvalue weighted by molar-refractivity contribution is 0.0877. The zero-order chi connectivity index (χ0) is 22.7. The Hall–Kier alpha value is -3.39. The fourth-order valence-corrected chi connectivity index (χ4v) is 3.76. The lowest BCUT2D eigenvalue weighted by Gasteiger charge is -2.08. The van der Waals surface area contributed by atoms with E-state index in [4.69, 9.17) is 27.4 Å². The SMILES string of the molecule is COc1cc(C(=O)CO[PH](=O)OCC(=O)c2cc(OC)c3occc3c2)cc2ccoc12. The van der Waals surface area contributed by atoms with Crippen LogP contribution in [0.5, 0.6) is 11.5 Å². The Morgan fingerprint density at radius 3 is 1.62 bits per heavy atom. The number of ether oxygens (including phenoxy) is 2. The zero-order valence-electron chi connectivity index (χ0n) is 17.2. The molecule has 9 nitrogen and oxygen atoms in total. The first-order valence-corrected chi connectivity index (χ1v) is 10.7. The molecular weight excluding hydrogens is 439 g/mol. The average Bonchev–Trinajstić information content (AvgIpc) is 3.48. The number of ketones is 2. The van der Waals surface area contributed by atoms with Crippen molar-refractivity contribution in [3.8, 4) is 11.5 Å². The molecule has 0 aliphatic heterocycles. The van der Waals surface area contributed by atoms with Gasteiger partial charge in [0.15, 0.2) is 34.2 Å². The van der Waals surface area contributed by atoms with Gasteiger partial charge in [0.25, 0.3) is 0 Å². The molecule has 2 heterocycles. The minimum atomic E-state index is -3.08. The number of fused-ring (bicyclic) bond motifs is 2. The Balaban J connectivity index is 1.34. The molecule has 0 unspecified atom stereocenters. The normalized spacial score (nSPS) is 11.3. The summed E-state index contributed by atoms with van der Waals surface area (Å²) in [6.07, 6.45) is 2.98. The van der Waals surface area contributed by atoms with Crippen LogP contribution in [0.1, 0.15) is 20.7 Å². The van der Waals surface area contributed by atoms with Gasteiger partial charge in [-0.1, -0.05) is 0 Å². The molecule has 4 rings (SSSR count). The van der Waals surface area contributed by atoms with E-state index < -0.39 is 33.0 Å². The Morgan fingerprint density at radius 1 is 0.781 bits per heavy atom. The molecule has 0 saturated carbocycles. The standard InChI is InChI=1S/C22H19O9P/c1-26-19-9-15(7-13-3-5-28-21(13)19)17(23)11-30-32(25)31-12-18(24)16-8-14-4-6-29-22(14)20(10-16)27-2/h3-10,32H,11-12H2,1-2H3. The number of methoxy groups -OCH3 is 2. The van der Waals surface area contributed by atoms with Crippen molar-refractivity contribution in [1.82, 2.24) is 0 Å². The number of hydrogen-bond acceptors (Lipinski definition) is 9. The second-order valence-electron chi connectivity index (χ2n) is 6.71. The van der Waals surface area contributed by atoms with Crippen LogP contribution in [0.4, 0.5) is 0 Å². The van der Waals surface area contributed by atoms with Gasteiger partial charge in [0.1, 0.15) is 13.2 Å². The van der Waals surface area contributed by atoms with Crippen LogP contribution in [-0.4, -0.2) is 39.0 Å². The van der Waals surface area contributed by atoms with E-state index in [1.807, 2.05) is 0 Å². The smallest absolute Gasteiger partial charge is 0.320 e. The van der Waals surface area contributed by atoms with E-state index in [2.05, 4.69) is 0 Å². The van der Waals surface area contributed by atoms with Crippen molar-refractivity contribution < 1.29 is 41.5 Å². The minimum absolute atomic E-state index is 0.308. The molecule has 4 aromatic rings. The largest absolute Gasteiger partial charge is 0.493 e. The molecule has 32 heavy (non-hydrogen) atoms. The van der Waals surface area contributed by atoms with Gasteiger partial charge in [0.2, 0.25) is 0 Å². The highest BCUT2D eigenvalue weighted by molar-refractivity contribution is 7.33. The summed E-state index contributed by atoms with van der Waals surface area (Å²) >= 11 is 0. The van der Waals surface area contributed by atoms with Gasteiger partial charge < -0.3 is 27.4 Å². The quantitative estimate of drug-likeness (QED) is 0.247. The summed E-state index contributed by atoms with van der Waals surface area (Å²) in [5, 5.41) is 1.37. The first-order chi connectivity index (χ1) is 15.5. The van der Waals surface area contributed by atoms with E-state index in [1.165, 1.54) is 38.9 Å². The van der Waals surface area contributed by atoms with E-state index in [9.17, 15) is 14.2 Å². The number of rotatable bonds is 10. The first-order valence-electron chi connectivity index (χ1n) is 9.46. The summed E-state index contributed by atoms with van der Waals surface area (Å²) in [6.45, 7) is -0.958. The topological polar surface area (TPSA) is 114 Å². The van der Waals surface area contributed by atoms with E-state index in [1.54, 1.807) is 24.3 Å². The predicted molar refractivity (Wildman–Crippen MR) is 115 cm³/mol. The molecule has 0 bridgehead atoms. The van der Waals surface area contributed by atoms with Crippen LogP contribution >= 0.6 is 8.25 Å². The van der Waals surface area contributed by atoms with Gasteiger partial charge in [-0.15, -0.1) is 0 Å². The third-order valence-electron chi connectivity index (χ3n) is 4.76. The molecule has 0 saturated heterocycles. The van der Waals surface area contributed by atoms with Gasteiger partial charge >= 0.3 is 8.25 Å². The second-order valence-corrected chi connectivity index (χ2v) is 7.79. The maximum Gasteiger partial charge on any atom is 0.320 e. The number of benzene rings is 2. The van der Waals surface area contributed by atoms with Gasteiger partial charge in [0, 0.05) is 21.9 Å². The molecule has 166 valence electrons.